The fraction of sp³-hybridized carbons (Fsp3) is 0.125. The Hall–Kier alpha value is -2.87. The molecule has 2 amide bonds. The van der Waals surface area contributed by atoms with Gasteiger partial charge in [0.15, 0.2) is 0 Å². The summed E-state index contributed by atoms with van der Waals surface area (Å²) in [5, 5.41) is 2.67. The molecular formula is C16H17N3O4S. The van der Waals surface area contributed by atoms with E-state index in [0.717, 1.165) is 12.5 Å². The molecule has 2 aromatic carbocycles. The first-order valence-electron chi connectivity index (χ1n) is 7.04. The summed E-state index contributed by atoms with van der Waals surface area (Å²) in [7, 11) is -3.88. The average molecular weight is 347 g/mol. The number of hydrogen-bond acceptors (Lipinski definition) is 5. The summed E-state index contributed by atoms with van der Waals surface area (Å²) in [5.74, 6) is -0.909. The predicted molar refractivity (Wildman–Crippen MR) is 90.6 cm³/mol. The second kappa shape index (κ2) is 7.14. The second-order valence-corrected chi connectivity index (χ2v) is 6.83. The molecule has 0 fully saturated rings. The molecule has 0 radical (unpaired) electrons. The summed E-state index contributed by atoms with van der Waals surface area (Å²) in [6, 6.07) is 12.5. The van der Waals surface area contributed by atoms with Crippen LogP contribution in [0, 0.1) is 0 Å². The summed E-state index contributed by atoms with van der Waals surface area (Å²) in [5.41, 5.74) is 7.47. The van der Waals surface area contributed by atoms with E-state index in [1.165, 1.54) is 24.3 Å². The van der Waals surface area contributed by atoms with E-state index in [1.54, 1.807) is 24.3 Å². The van der Waals surface area contributed by atoms with Gasteiger partial charge in [-0.25, -0.2) is 13.1 Å². The lowest BCUT2D eigenvalue weighted by molar-refractivity contribution is -0.117. The van der Waals surface area contributed by atoms with Crippen molar-refractivity contribution in [3.8, 4) is 0 Å². The highest BCUT2D eigenvalue weighted by Crippen LogP contribution is 2.14. The smallest absolute Gasteiger partial charge is 0.264 e. The molecular weight excluding hydrogens is 330 g/mol. The second-order valence-electron chi connectivity index (χ2n) is 5.15. The summed E-state index contributed by atoms with van der Waals surface area (Å²) in [6.45, 7) is 1.11. The Morgan fingerprint density at radius 2 is 1.58 bits per heavy atom. The van der Waals surface area contributed by atoms with Crippen molar-refractivity contribution in [3.05, 3.63) is 54.1 Å². The zero-order chi connectivity index (χ0) is 17.7. The van der Waals surface area contributed by atoms with E-state index in [-0.39, 0.29) is 17.2 Å². The highest BCUT2D eigenvalue weighted by Gasteiger charge is 2.15. The first kappa shape index (κ1) is 17.5. The Labute approximate surface area is 139 Å². The maximum atomic E-state index is 12.0. The topological polar surface area (TPSA) is 118 Å². The molecule has 24 heavy (non-hydrogen) atoms. The summed E-state index contributed by atoms with van der Waals surface area (Å²) < 4.78 is 25.5. The van der Waals surface area contributed by atoms with Crippen LogP contribution in [0.1, 0.15) is 12.5 Å². The molecule has 0 aliphatic heterocycles. The summed E-state index contributed by atoms with van der Waals surface area (Å²) in [6.07, 6.45) is 0.173. The molecule has 126 valence electrons. The van der Waals surface area contributed by atoms with Crippen LogP contribution in [-0.4, -0.2) is 20.2 Å². The van der Waals surface area contributed by atoms with E-state index in [4.69, 9.17) is 5.73 Å². The number of rotatable bonds is 5. The Bertz CT molecular complexity index is 844. The van der Waals surface area contributed by atoms with Gasteiger partial charge in [-0.05, 0) is 42.0 Å². The van der Waals surface area contributed by atoms with E-state index < -0.39 is 15.9 Å². The fourth-order valence-corrected chi connectivity index (χ4v) is 2.98. The van der Waals surface area contributed by atoms with Gasteiger partial charge >= 0.3 is 0 Å². The predicted octanol–water partition coefficient (Wildman–Crippen LogP) is 1.27. The highest BCUT2D eigenvalue weighted by molar-refractivity contribution is 7.90. The minimum atomic E-state index is -3.88. The van der Waals surface area contributed by atoms with Gasteiger partial charge in [0.2, 0.25) is 11.8 Å². The van der Waals surface area contributed by atoms with Gasteiger partial charge in [-0.1, -0.05) is 12.1 Å². The van der Waals surface area contributed by atoms with Gasteiger partial charge in [-0.2, -0.15) is 0 Å². The maximum Gasteiger partial charge on any atom is 0.264 e. The largest absolute Gasteiger partial charge is 0.399 e. The molecule has 0 bridgehead atoms. The number of amides is 2. The highest BCUT2D eigenvalue weighted by atomic mass is 32.2. The zero-order valence-electron chi connectivity index (χ0n) is 12.9. The van der Waals surface area contributed by atoms with E-state index >= 15 is 0 Å². The van der Waals surface area contributed by atoms with Gasteiger partial charge in [0.25, 0.3) is 10.0 Å². The van der Waals surface area contributed by atoms with Crippen LogP contribution in [0.5, 0.6) is 0 Å². The molecule has 2 rings (SSSR count). The van der Waals surface area contributed by atoms with Crippen LogP contribution in [-0.2, 0) is 26.0 Å². The van der Waals surface area contributed by atoms with Crippen molar-refractivity contribution in [1.82, 2.24) is 4.72 Å². The van der Waals surface area contributed by atoms with Gasteiger partial charge in [0, 0.05) is 18.3 Å². The van der Waals surface area contributed by atoms with Crippen molar-refractivity contribution in [2.45, 2.75) is 18.2 Å². The maximum absolute atomic E-state index is 12.0. The van der Waals surface area contributed by atoms with Gasteiger partial charge in [-0.3, -0.25) is 9.59 Å². The molecule has 0 aliphatic rings. The first-order chi connectivity index (χ1) is 11.3. The van der Waals surface area contributed by atoms with Crippen LogP contribution in [0.3, 0.4) is 0 Å². The molecule has 0 heterocycles. The van der Waals surface area contributed by atoms with Crippen LogP contribution >= 0.6 is 0 Å². The number of sulfonamides is 1. The van der Waals surface area contributed by atoms with E-state index in [0.29, 0.717) is 11.4 Å². The average Bonchev–Trinajstić information content (AvgIpc) is 2.49. The van der Waals surface area contributed by atoms with Crippen molar-refractivity contribution < 1.29 is 18.0 Å². The van der Waals surface area contributed by atoms with Crippen molar-refractivity contribution in [2.75, 3.05) is 11.1 Å². The fourth-order valence-electron chi connectivity index (χ4n) is 1.99. The third kappa shape index (κ3) is 4.82. The summed E-state index contributed by atoms with van der Waals surface area (Å²) >= 11 is 0. The number of nitrogens with two attached hydrogens (primary N) is 1. The Morgan fingerprint density at radius 1 is 1.00 bits per heavy atom. The molecule has 0 spiro atoms. The lowest BCUT2D eigenvalue weighted by Crippen LogP contribution is -2.28. The number of nitrogens with one attached hydrogen (secondary N) is 2. The van der Waals surface area contributed by atoms with Gasteiger partial charge < -0.3 is 11.1 Å². The molecule has 4 N–H and O–H groups in total. The molecule has 0 unspecified atom stereocenters. The Balaban J connectivity index is 2.02. The minimum Gasteiger partial charge on any atom is -0.399 e. The lowest BCUT2D eigenvalue weighted by atomic mass is 10.1. The lowest BCUT2D eigenvalue weighted by Gasteiger charge is -2.08. The molecule has 7 nitrogen and oxygen atoms in total. The molecule has 8 heteroatoms. The Morgan fingerprint density at radius 3 is 2.12 bits per heavy atom. The van der Waals surface area contributed by atoms with Crippen molar-refractivity contribution in [3.63, 3.8) is 0 Å². The van der Waals surface area contributed by atoms with Crippen molar-refractivity contribution in [1.29, 1.82) is 0 Å². The van der Waals surface area contributed by atoms with Gasteiger partial charge in [0.1, 0.15) is 0 Å². The van der Waals surface area contributed by atoms with Gasteiger partial charge in [-0.15, -0.1) is 0 Å². The number of anilines is 2. The normalized spacial score (nSPS) is 10.9. The van der Waals surface area contributed by atoms with E-state index in [9.17, 15) is 18.0 Å². The number of carbonyl (C=O) groups excluding carboxylic acids is 2. The molecule has 0 aromatic heterocycles. The van der Waals surface area contributed by atoms with E-state index in [1.807, 2.05) is 4.72 Å². The van der Waals surface area contributed by atoms with Gasteiger partial charge in [0.05, 0.1) is 11.3 Å². The zero-order valence-corrected chi connectivity index (χ0v) is 13.8. The third-order valence-electron chi connectivity index (χ3n) is 3.07. The minimum absolute atomic E-state index is 0.0609. The molecule has 0 saturated heterocycles. The van der Waals surface area contributed by atoms with E-state index in [2.05, 4.69) is 5.32 Å². The van der Waals surface area contributed by atoms with Crippen LogP contribution in [0.2, 0.25) is 0 Å². The van der Waals surface area contributed by atoms with Crippen molar-refractivity contribution >= 4 is 33.2 Å². The molecule has 0 aliphatic carbocycles. The van der Waals surface area contributed by atoms with Crippen LogP contribution in [0.25, 0.3) is 0 Å². The van der Waals surface area contributed by atoms with Crippen LogP contribution in [0.15, 0.2) is 53.4 Å². The number of nitrogen functional groups attached to an aromatic ring is 1. The number of benzene rings is 2. The molecule has 0 saturated carbocycles. The Kier molecular flexibility index (Phi) is 5.20. The molecule has 0 atom stereocenters. The summed E-state index contributed by atoms with van der Waals surface area (Å²) in [4.78, 5) is 22.8. The quantitative estimate of drug-likeness (QED) is 0.704. The SMILES string of the molecule is CC(=O)NS(=O)(=O)c1ccc(NC(=O)Cc2ccc(N)cc2)cc1. The van der Waals surface area contributed by atoms with Crippen LogP contribution in [0.4, 0.5) is 11.4 Å². The van der Waals surface area contributed by atoms with Crippen molar-refractivity contribution in [2.24, 2.45) is 0 Å². The first-order valence-corrected chi connectivity index (χ1v) is 8.52. The molecule has 2 aromatic rings. The monoisotopic (exact) mass is 347 g/mol. The number of carbonyl (C=O) groups is 2. The third-order valence-corrected chi connectivity index (χ3v) is 4.52. The van der Waals surface area contributed by atoms with Crippen LogP contribution < -0.4 is 15.8 Å². The standard InChI is InChI=1S/C16H17N3O4S/c1-11(20)19-24(22,23)15-8-6-14(7-9-15)18-16(21)10-12-2-4-13(17)5-3-12/h2-9H,10,17H2,1H3,(H,18,21)(H,19,20). The number of hydrogen-bond donors (Lipinski definition) is 3.